The van der Waals surface area contributed by atoms with Gasteiger partial charge in [-0.15, -0.1) is 0 Å². The maximum Gasteiger partial charge on any atom is 0.291 e. The lowest BCUT2D eigenvalue weighted by molar-refractivity contribution is 0.644. The molecule has 0 saturated carbocycles. The van der Waals surface area contributed by atoms with Crippen LogP contribution in [0.1, 0.15) is 16.7 Å². The van der Waals surface area contributed by atoms with Gasteiger partial charge < -0.3 is 4.57 Å². The summed E-state index contributed by atoms with van der Waals surface area (Å²) in [6.07, 6.45) is 1.81. The van der Waals surface area contributed by atoms with Gasteiger partial charge in [-0.3, -0.25) is 4.79 Å². The molecule has 2 aromatic carbocycles. The standard InChI is InChI=1S/C20H19N3O/c1-13-5-4-6-15(9-13)12-23-20(24)19-17(11-21-23)16-8-7-14(2)10-18(16)22(19)3/h4-11H,12H2,1-3H3. The van der Waals surface area contributed by atoms with Crippen LogP contribution in [0.5, 0.6) is 0 Å². The Morgan fingerprint density at radius 2 is 1.79 bits per heavy atom. The van der Waals surface area contributed by atoms with E-state index >= 15 is 0 Å². The van der Waals surface area contributed by atoms with Gasteiger partial charge in [0, 0.05) is 23.3 Å². The molecule has 0 aliphatic carbocycles. The Hall–Kier alpha value is -2.88. The predicted molar refractivity (Wildman–Crippen MR) is 97.5 cm³/mol. The number of rotatable bonds is 2. The lowest BCUT2D eigenvalue weighted by atomic mass is 10.1. The number of aromatic nitrogens is 3. The van der Waals surface area contributed by atoms with Gasteiger partial charge in [0.2, 0.25) is 0 Å². The Morgan fingerprint density at radius 1 is 1.00 bits per heavy atom. The molecule has 2 aromatic heterocycles. The zero-order chi connectivity index (χ0) is 16.8. The van der Waals surface area contributed by atoms with E-state index < -0.39 is 0 Å². The molecule has 0 fully saturated rings. The summed E-state index contributed by atoms with van der Waals surface area (Å²) < 4.78 is 3.53. The number of hydrogen-bond donors (Lipinski definition) is 0. The summed E-state index contributed by atoms with van der Waals surface area (Å²) in [4.78, 5) is 13.0. The van der Waals surface area contributed by atoms with Crippen LogP contribution in [0.25, 0.3) is 21.8 Å². The third-order valence-corrected chi connectivity index (χ3v) is 4.57. The fraction of sp³-hybridized carbons (Fsp3) is 0.200. The van der Waals surface area contributed by atoms with Crippen molar-refractivity contribution in [2.24, 2.45) is 7.05 Å². The Balaban J connectivity index is 1.93. The summed E-state index contributed by atoms with van der Waals surface area (Å²) in [6.45, 7) is 4.59. The van der Waals surface area contributed by atoms with Gasteiger partial charge in [0.1, 0.15) is 5.52 Å². The van der Waals surface area contributed by atoms with E-state index in [1.54, 1.807) is 4.68 Å². The van der Waals surface area contributed by atoms with Crippen LogP contribution in [-0.2, 0) is 13.6 Å². The highest BCUT2D eigenvalue weighted by molar-refractivity contribution is 6.07. The molecule has 0 amide bonds. The smallest absolute Gasteiger partial charge is 0.291 e. The Morgan fingerprint density at radius 3 is 2.58 bits per heavy atom. The van der Waals surface area contributed by atoms with Crippen molar-refractivity contribution >= 4 is 21.8 Å². The molecule has 0 radical (unpaired) electrons. The summed E-state index contributed by atoms with van der Waals surface area (Å²) in [5.74, 6) is 0. The van der Waals surface area contributed by atoms with E-state index in [1.807, 2.05) is 29.9 Å². The first-order valence-corrected chi connectivity index (χ1v) is 8.05. The van der Waals surface area contributed by atoms with E-state index in [9.17, 15) is 4.79 Å². The molecule has 0 spiro atoms. The van der Waals surface area contributed by atoms with Crippen LogP contribution < -0.4 is 5.56 Å². The molecule has 24 heavy (non-hydrogen) atoms. The fourth-order valence-electron chi connectivity index (χ4n) is 3.36. The zero-order valence-corrected chi connectivity index (χ0v) is 14.1. The lowest BCUT2D eigenvalue weighted by Gasteiger charge is -2.06. The normalized spacial score (nSPS) is 11.5. The minimum Gasteiger partial charge on any atom is -0.339 e. The quantitative estimate of drug-likeness (QED) is 0.567. The fourth-order valence-corrected chi connectivity index (χ4v) is 3.36. The molecular weight excluding hydrogens is 298 g/mol. The van der Waals surface area contributed by atoms with Crippen LogP contribution in [-0.4, -0.2) is 14.3 Å². The maximum atomic E-state index is 13.0. The number of aryl methyl sites for hydroxylation is 3. The van der Waals surface area contributed by atoms with Crippen molar-refractivity contribution in [3.63, 3.8) is 0 Å². The van der Waals surface area contributed by atoms with Gasteiger partial charge in [0.05, 0.1) is 12.7 Å². The average molecular weight is 317 g/mol. The van der Waals surface area contributed by atoms with Crippen molar-refractivity contribution < 1.29 is 0 Å². The monoisotopic (exact) mass is 317 g/mol. The summed E-state index contributed by atoms with van der Waals surface area (Å²) in [6, 6.07) is 14.4. The molecule has 4 heteroatoms. The van der Waals surface area contributed by atoms with Gasteiger partial charge in [-0.05, 0) is 31.0 Å². The van der Waals surface area contributed by atoms with Gasteiger partial charge in [0.15, 0.2) is 0 Å². The molecule has 0 unspecified atom stereocenters. The van der Waals surface area contributed by atoms with E-state index in [0.29, 0.717) is 12.1 Å². The van der Waals surface area contributed by atoms with Crippen LogP contribution in [0.15, 0.2) is 53.5 Å². The summed E-state index contributed by atoms with van der Waals surface area (Å²) in [5, 5.41) is 6.40. The second-order valence-electron chi connectivity index (χ2n) is 6.44. The Kier molecular flexibility index (Phi) is 3.27. The van der Waals surface area contributed by atoms with Crippen molar-refractivity contribution in [1.82, 2.24) is 14.3 Å². The first-order valence-electron chi connectivity index (χ1n) is 8.05. The topological polar surface area (TPSA) is 39.8 Å². The summed E-state index contributed by atoms with van der Waals surface area (Å²) in [7, 11) is 1.95. The highest BCUT2D eigenvalue weighted by atomic mass is 16.1. The number of fused-ring (bicyclic) bond motifs is 3. The van der Waals surface area contributed by atoms with Crippen LogP contribution in [0.4, 0.5) is 0 Å². The molecule has 0 aliphatic rings. The van der Waals surface area contributed by atoms with Crippen molar-refractivity contribution in [1.29, 1.82) is 0 Å². The molecular formula is C20H19N3O. The summed E-state index contributed by atoms with van der Waals surface area (Å²) in [5.41, 5.74) is 5.17. The molecule has 0 bridgehead atoms. The Bertz CT molecular complexity index is 1130. The average Bonchev–Trinajstić information content (AvgIpc) is 2.83. The third kappa shape index (κ3) is 2.22. The number of nitrogens with zero attached hydrogens (tertiary/aromatic N) is 3. The van der Waals surface area contributed by atoms with Gasteiger partial charge >= 0.3 is 0 Å². The molecule has 2 heterocycles. The van der Waals surface area contributed by atoms with Crippen molar-refractivity contribution in [2.75, 3.05) is 0 Å². The van der Waals surface area contributed by atoms with Crippen LogP contribution in [0, 0.1) is 13.8 Å². The van der Waals surface area contributed by atoms with E-state index in [1.165, 1.54) is 11.1 Å². The highest BCUT2D eigenvalue weighted by Crippen LogP contribution is 2.26. The van der Waals surface area contributed by atoms with Gasteiger partial charge in [-0.25, -0.2) is 4.68 Å². The van der Waals surface area contributed by atoms with Gasteiger partial charge in [0.25, 0.3) is 5.56 Å². The first kappa shape index (κ1) is 14.7. The molecule has 4 rings (SSSR count). The molecule has 0 aliphatic heterocycles. The first-order chi connectivity index (χ1) is 11.5. The predicted octanol–water partition coefficient (Wildman–Crippen LogP) is 3.55. The number of benzene rings is 2. The van der Waals surface area contributed by atoms with Crippen LogP contribution in [0.2, 0.25) is 0 Å². The zero-order valence-electron chi connectivity index (χ0n) is 14.1. The minimum absolute atomic E-state index is 0.0506. The summed E-state index contributed by atoms with van der Waals surface area (Å²) >= 11 is 0. The molecule has 120 valence electrons. The molecule has 0 N–H and O–H groups in total. The Labute approximate surface area is 140 Å². The molecule has 4 nitrogen and oxygen atoms in total. The molecule has 0 saturated heterocycles. The molecule has 0 atom stereocenters. The van der Waals surface area contributed by atoms with Crippen LogP contribution in [0.3, 0.4) is 0 Å². The third-order valence-electron chi connectivity index (χ3n) is 4.57. The minimum atomic E-state index is -0.0506. The second kappa shape index (κ2) is 5.34. The lowest BCUT2D eigenvalue weighted by Crippen LogP contribution is -2.24. The molecule has 4 aromatic rings. The van der Waals surface area contributed by atoms with E-state index in [0.717, 1.165) is 21.9 Å². The maximum absolute atomic E-state index is 13.0. The number of hydrogen-bond acceptors (Lipinski definition) is 2. The highest BCUT2D eigenvalue weighted by Gasteiger charge is 2.14. The SMILES string of the molecule is Cc1cccc(Cn2ncc3c4ccc(C)cc4n(C)c3c2=O)c1. The van der Waals surface area contributed by atoms with E-state index in [-0.39, 0.29) is 5.56 Å². The van der Waals surface area contributed by atoms with Gasteiger partial charge in [-0.1, -0.05) is 42.0 Å². The van der Waals surface area contributed by atoms with Crippen molar-refractivity contribution in [2.45, 2.75) is 20.4 Å². The second-order valence-corrected chi connectivity index (χ2v) is 6.44. The van der Waals surface area contributed by atoms with E-state index in [2.05, 4.69) is 49.3 Å². The van der Waals surface area contributed by atoms with E-state index in [4.69, 9.17) is 0 Å². The largest absolute Gasteiger partial charge is 0.339 e. The van der Waals surface area contributed by atoms with Crippen LogP contribution >= 0.6 is 0 Å². The van der Waals surface area contributed by atoms with Crippen molar-refractivity contribution in [3.05, 3.63) is 75.7 Å². The van der Waals surface area contributed by atoms with Gasteiger partial charge in [-0.2, -0.15) is 5.10 Å². The van der Waals surface area contributed by atoms with Crippen molar-refractivity contribution in [3.8, 4) is 0 Å².